The number of carbonyl (C=O) groups is 1. The van der Waals surface area contributed by atoms with E-state index in [1.165, 1.54) is 6.26 Å². The van der Waals surface area contributed by atoms with E-state index in [0.717, 1.165) is 0 Å². The summed E-state index contributed by atoms with van der Waals surface area (Å²) in [5.74, 6) is 0.401. The third kappa shape index (κ3) is 4.95. The van der Waals surface area contributed by atoms with Crippen LogP contribution in [0.3, 0.4) is 0 Å². The number of alkyl carbamates (subject to hydrolysis) is 1. The Hall–Kier alpha value is -1.49. The molecule has 0 aliphatic rings. The lowest BCUT2D eigenvalue weighted by Gasteiger charge is -2.27. The number of rotatable bonds is 4. The molecule has 1 aromatic rings. The van der Waals surface area contributed by atoms with Crippen molar-refractivity contribution >= 4 is 6.09 Å². The normalized spacial score (nSPS) is 16.5. The average Bonchev–Trinajstić information content (AvgIpc) is 2.75. The van der Waals surface area contributed by atoms with Gasteiger partial charge in [-0.3, -0.25) is 0 Å². The summed E-state index contributed by atoms with van der Waals surface area (Å²) in [7, 11) is 0. The van der Waals surface area contributed by atoms with E-state index in [1.807, 2.05) is 6.92 Å². The van der Waals surface area contributed by atoms with Gasteiger partial charge in [0.2, 0.25) is 0 Å². The van der Waals surface area contributed by atoms with Crippen molar-refractivity contribution in [2.45, 2.75) is 52.4 Å². The van der Waals surface area contributed by atoms with Crippen LogP contribution < -0.4 is 5.32 Å². The summed E-state index contributed by atoms with van der Waals surface area (Å²) in [5.41, 5.74) is -0.564. The van der Waals surface area contributed by atoms with Gasteiger partial charge in [-0.05, 0) is 39.8 Å². The molecule has 0 radical (unpaired) electrons. The van der Waals surface area contributed by atoms with Crippen molar-refractivity contribution in [2.75, 3.05) is 0 Å². The summed E-state index contributed by atoms with van der Waals surface area (Å²) >= 11 is 0. The quantitative estimate of drug-likeness (QED) is 0.881. The Morgan fingerprint density at radius 3 is 2.47 bits per heavy atom. The molecule has 3 atom stereocenters. The number of furan rings is 1. The van der Waals surface area contributed by atoms with Crippen LogP contribution in [0, 0.1) is 5.92 Å². The van der Waals surface area contributed by atoms with E-state index in [-0.39, 0.29) is 5.92 Å². The van der Waals surface area contributed by atoms with E-state index < -0.39 is 23.8 Å². The number of ether oxygens (including phenoxy) is 1. The number of amides is 1. The molecule has 1 heterocycles. The minimum Gasteiger partial charge on any atom is -0.467 e. The minimum atomic E-state index is -0.579. The fourth-order valence-electron chi connectivity index (χ4n) is 1.64. The second kappa shape index (κ2) is 6.10. The molecule has 0 bridgehead atoms. The Labute approximate surface area is 113 Å². The van der Waals surface area contributed by atoms with Crippen LogP contribution in [-0.4, -0.2) is 22.9 Å². The van der Waals surface area contributed by atoms with Gasteiger partial charge in [0.25, 0.3) is 0 Å². The molecule has 0 unspecified atom stereocenters. The largest absolute Gasteiger partial charge is 0.467 e. The molecule has 108 valence electrons. The zero-order valence-electron chi connectivity index (χ0n) is 12.1. The molecule has 0 saturated heterocycles. The Morgan fingerprint density at radius 1 is 1.42 bits per heavy atom. The molecule has 2 N–H and O–H groups in total. The Morgan fingerprint density at radius 2 is 2.05 bits per heavy atom. The molecule has 1 aromatic heterocycles. The lowest BCUT2D eigenvalue weighted by atomic mass is 9.95. The van der Waals surface area contributed by atoms with Crippen LogP contribution in [0.1, 0.15) is 46.4 Å². The zero-order chi connectivity index (χ0) is 14.6. The number of aliphatic hydroxyl groups is 1. The van der Waals surface area contributed by atoms with Crippen molar-refractivity contribution in [3.8, 4) is 0 Å². The fourth-order valence-corrected chi connectivity index (χ4v) is 1.64. The molecule has 0 aliphatic heterocycles. The molecule has 1 amide bonds. The minimum absolute atomic E-state index is 0.196. The van der Waals surface area contributed by atoms with Crippen LogP contribution in [0.25, 0.3) is 0 Å². The van der Waals surface area contributed by atoms with Crippen LogP contribution in [0.15, 0.2) is 22.8 Å². The average molecular weight is 269 g/mol. The molecule has 0 fully saturated rings. The molecular formula is C14H23NO4. The number of nitrogens with one attached hydrogen (secondary N) is 1. The van der Waals surface area contributed by atoms with Crippen molar-refractivity contribution in [3.05, 3.63) is 24.2 Å². The molecule has 5 heteroatoms. The first-order valence-electron chi connectivity index (χ1n) is 6.41. The monoisotopic (exact) mass is 269 g/mol. The van der Waals surface area contributed by atoms with Crippen LogP contribution >= 0.6 is 0 Å². The summed E-state index contributed by atoms with van der Waals surface area (Å²) < 4.78 is 10.5. The van der Waals surface area contributed by atoms with E-state index in [0.29, 0.717) is 5.76 Å². The molecule has 19 heavy (non-hydrogen) atoms. The lowest BCUT2D eigenvalue weighted by molar-refractivity contribution is 0.0421. The van der Waals surface area contributed by atoms with Gasteiger partial charge in [0, 0.05) is 5.92 Å². The summed E-state index contributed by atoms with van der Waals surface area (Å²) in [5, 5.41) is 12.4. The van der Waals surface area contributed by atoms with E-state index in [9.17, 15) is 9.90 Å². The number of aliphatic hydroxyl groups excluding tert-OH is 1. The number of hydrogen-bond acceptors (Lipinski definition) is 4. The highest BCUT2D eigenvalue weighted by molar-refractivity contribution is 5.68. The van der Waals surface area contributed by atoms with Gasteiger partial charge in [0.05, 0.1) is 18.4 Å². The first-order valence-corrected chi connectivity index (χ1v) is 6.41. The maximum Gasteiger partial charge on any atom is 0.408 e. The van der Waals surface area contributed by atoms with Crippen molar-refractivity contribution in [1.29, 1.82) is 0 Å². The molecule has 0 aromatic carbocycles. The Kier molecular flexibility index (Phi) is 5.00. The standard InChI is InChI=1S/C14H23NO4/c1-9(10(2)16)12(11-7-6-8-18-11)15-13(17)19-14(3,4)5/h6-10,12,16H,1-5H3,(H,15,17)/t9-,10-,12+/m1/s1. The zero-order valence-corrected chi connectivity index (χ0v) is 12.1. The Bertz CT molecular complexity index is 392. The van der Waals surface area contributed by atoms with Gasteiger partial charge in [-0.25, -0.2) is 4.79 Å². The van der Waals surface area contributed by atoms with E-state index in [1.54, 1.807) is 39.8 Å². The highest BCUT2D eigenvalue weighted by Gasteiger charge is 2.28. The molecule has 0 spiro atoms. The number of carbonyl (C=O) groups excluding carboxylic acids is 1. The van der Waals surface area contributed by atoms with Crippen LogP contribution in [0.4, 0.5) is 4.79 Å². The smallest absolute Gasteiger partial charge is 0.408 e. The van der Waals surface area contributed by atoms with Gasteiger partial charge in [-0.15, -0.1) is 0 Å². The molecule has 0 aliphatic carbocycles. The van der Waals surface area contributed by atoms with Gasteiger partial charge in [0.1, 0.15) is 11.4 Å². The van der Waals surface area contributed by atoms with E-state index in [4.69, 9.17) is 9.15 Å². The maximum absolute atomic E-state index is 11.8. The topological polar surface area (TPSA) is 71.7 Å². The third-order valence-electron chi connectivity index (χ3n) is 2.81. The first kappa shape index (κ1) is 15.6. The van der Waals surface area contributed by atoms with Crippen molar-refractivity contribution < 1.29 is 19.1 Å². The molecule has 1 rings (SSSR count). The fraction of sp³-hybridized carbons (Fsp3) is 0.643. The molecular weight excluding hydrogens is 246 g/mol. The molecule has 0 saturated carbocycles. The van der Waals surface area contributed by atoms with Crippen LogP contribution in [0.5, 0.6) is 0 Å². The van der Waals surface area contributed by atoms with Gasteiger partial charge < -0.3 is 19.6 Å². The highest BCUT2D eigenvalue weighted by atomic mass is 16.6. The second-order valence-electron chi connectivity index (χ2n) is 5.74. The van der Waals surface area contributed by atoms with Crippen molar-refractivity contribution in [1.82, 2.24) is 5.32 Å². The summed E-state index contributed by atoms with van der Waals surface area (Å²) in [4.78, 5) is 11.8. The first-order chi connectivity index (χ1) is 8.70. The van der Waals surface area contributed by atoms with Gasteiger partial charge in [-0.1, -0.05) is 6.92 Å². The highest BCUT2D eigenvalue weighted by Crippen LogP contribution is 2.25. The van der Waals surface area contributed by atoms with E-state index >= 15 is 0 Å². The predicted octanol–water partition coefficient (Wildman–Crippen LogP) is 2.86. The van der Waals surface area contributed by atoms with E-state index in [2.05, 4.69) is 5.32 Å². The predicted molar refractivity (Wildman–Crippen MR) is 71.7 cm³/mol. The molecule has 5 nitrogen and oxygen atoms in total. The van der Waals surface area contributed by atoms with Gasteiger partial charge in [-0.2, -0.15) is 0 Å². The third-order valence-corrected chi connectivity index (χ3v) is 2.81. The van der Waals surface area contributed by atoms with Gasteiger partial charge >= 0.3 is 6.09 Å². The van der Waals surface area contributed by atoms with Crippen LogP contribution in [0.2, 0.25) is 0 Å². The second-order valence-corrected chi connectivity index (χ2v) is 5.74. The maximum atomic E-state index is 11.8. The summed E-state index contributed by atoms with van der Waals surface area (Å²) in [6.07, 6.45) is 0.430. The summed E-state index contributed by atoms with van der Waals surface area (Å²) in [6, 6.07) is 3.08. The Balaban J connectivity index is 2.79. The van der Waals surface area contributed by atoms with Crippen LogP contribution in [-0.2, 0) is 4.74 Å². The SMILES string of the molecule is C[C@@H]([C@H](NC(=O)OC(C)(C)C)c1ccco1)[C@@H](C)O. The lowest BCUT2D eigenvalue weighted by Crippen LogP contribution is -2.39. The van der Waals surface area contributed by atoms with Crippen molar-refractivity contribution in [2.24, 2.45) is 5.92 Å². The van der Waals surface area contributed by atoms with Crippen molar-refractivity contribution in [3.63, 3.8) is 0 Å². The number of hydrogen-bond donors (Lipinski definition) is 2. The summed E-state index contributed by atoms with van der Waals surface area (Å²) in [6.45, 7) is 8.92. The van der Waals surface area contributed by atoms with Gasteiger partial charge in [0.15, 0.2) is 0 Å².